The number of aromatic carboxylic acids is 1. The largest absolute Gasteiger partial charge is 0.478 e. The first-order valence-electron chi connectivity index (χ1n) is 5.42. The number of aliphatic hydroxyl groups is 1. The van der Waals surface area contributed by atoms with Gasteiger partial charge in [0.05, 0.1) is 17.2 Å². The van der Waals surface area contributed by atoms with Crippen molar-refractivity contribution in [2.75, 3.05) is 0 Å². The number of carbonyl (C=O) groups is 1. The van der Waals surface area contributed by atoms with Crippen LogP contribution >= 0.6 is 11.8 Å². The highest BCUT2D eigenvalue weighted by Crippen LogP contribution is 2.36. The number of alkyl halides is 3. The van der Waals surface area contributed by atoms with Crippen LogP contribution in [0.15, 0.2) is 23.1 Å². The Bertz CT molecular complexity index is 472. The standard InChI is InChI=1S/C12H13F3O3S/c1-6(16)7(2)19-8-3-4-9(11(17)18)10(5-8)12(13,14)15/h3-7,16H,1-2H3,(H,17,18). The summed E-state index contributed by atoms with van der Waals surface area (Å²) >= 11 is 1.06. The van der Waals surface area contributed by atoms with Crippen molar-refractivity contribution in [1.82, 2.24) is 0 Å². The van der Waals surface area contributed by atoms with Gasteiger partial charge in [-0.15, -0.1) is 11.8 Å². The van der Waals surface area contributed by atoms with Gasteiger partial charge >= 0.3 is 12.1 Å². The van der Waals surface area contributed by atoms with E-state index < -0.39 is 29.4 Å². The molecule has 0 amide bonds. The van der Waals surface area contributed by atoms with Gasteiger partial charge in [-0.3, -0.25) is 0 Å². The lowest BCUT2D eigenvalue weighted by Gasteiger charge is -2.16. The predicted octanol–water partition coefficient (Wildman–Crippen LogP) is 3.27. The van der Waals surface area contributed by atoms with Gasteiger partial charge in [-0.25, -0.2) is 4.79 Å². The minimum atomic E-state index is -4.72. The van der Waals surface area contributed by atoms with Crippen molar-refractivity contribution in [3.63, 3.8) is 0 Å². The minimum absolute atomic E-state index is 0.269. The topological polar surface area (TPSA) is 57.5 Å². The molecule has 7 heteroatoms. The molecule has 0 saturated heterocycles. The van der Waals surface area contributed by atoms with E-state index in [2.05, 4.69) is 0 Å². The molecule has 0 fully saturated rings. The van der Waals surface area contributed by atoms with Gasteiger partial charge in [0.15, 0.2) is 0 Å². The molecule has 1 aromatic rings. The molecule has 0 aliphatic rings. The number of aliphatic hydroxyl groups excluding tert-OH is 1. The number of carboxylic acid groups (broad SMARTS) is 1. The Labute approximate surface area is 112 Å². The Morgan fingerprint density at radius 3 is 2.32 bits per heavy atom. The van der Waals surface area contributed by atoms with Crippen LogP contribution in [0, 0.1) is 0 Å². The van der Waals surface area contributed by atoms with E-state index in [1.54, 1.807) is 6.92 Å². The number of carboxylic acids is 1. The van der Waals surface area contributed by atoms with E-state index >= 15 is 0 Å². The highest BCUT2D eigenvalue weighted by Gasteiger charge is 2.35. The zero-order valence-corrected chi connectivity index (χ0v) is 11.0. The Morgan fingerprint density at radius 1 is 1.32 bits per heavy atom. The molecular formula is C12H13F3O3S. The molecule has 0 spiro atoms. The van der Waals surface area contributed by atoms with Crippen LogP contribution in [0.1, 0.15) is 29.8 Å². The molecule has 0 radical (unpaired) electrons. The lowest BCUT2D eigenvalue weighted by atomic mass is 10.1. The third-order valence-electron chi connectivity index (χ3n) is 2.53. The van der Waals surface area contributed by atoms with Crippen molar-refractivity contribution >= 4 is 17.7 Å². The Morgan fingerprint density at radius 2 is 1.89 bits per heavy atom. The first-order chi connectivity index (χ1) is 8.62. The molecule has 1 aromatic carbocycles. The van der Waals surface area contributed by atoms with E-state index in [1.807, 2.05) is 0 Å². The van der Waals surface area contributed by atoms with Crippen LogP contribution in [0.25, 0.3) is 0 Å². The maximum absolute atomic E-state index is 12.8. The molecular weight excluding hydrogens is 281 g/mol. The van der Waals surface area contributed by atoms with Crippen molar-refractivity contribution in [2.24, 2.45) is 0 Å². The molecule has 0 saturated carbocycles. The second-order valence-electron chi connectivity index (χ2n) is 4.07. The van der Waals surface area contributed by atoms with E-state index in [4.69, 9.17) is 5.11 Å². The van der Waals surface area contributed by atoms with Gasteiger partial charge in [-0.2, -0.15) is 13.2 Å². The van der Waals surface area contributed by atoms with Gasteiger partial charge in [0.1, 0.15) is 0 Å². The molecule has 0 aliphatic carbocycles. The van der Waals surface area contributed by atoms with Gasteiger partial charge in [0, 0.05) is 10.1 Å². The first kappa shape index (κ1) is 15.8. The van der Waals surface area contributed by atoms with E-state index in [1.165, 1.54) is 13.0 Å². The van der Waals surface area contributed by atoms with Crippen LogP contribution in [-0.4, -0.2) is 27.5 Å². The predicted molar refractivity (Wildman–Crippen MR) is 65.4 cm³/mol. The second-order valence-corrected chi connectivity index (χ2v) is 5.52. The summed E-state index contributed by atoms with van der Waals surface area (Å²) in [6, 6.07) is 3.04. The van der Waals surface area contributed by atoms with Crippen LogP contribution in [0.4, 0.5) is 13.2 Å². The molecule has 2 atom stereocenters. The number of hydrogen-bond acceptors (Lipinski definition) is 3. The monoisotopic (exact) mass is 294 g/mol. The highest BCUT2D eigenvalue weighted by atomic mass is 32.2. The quantitative estimate of drug-likeness (QED) is 0.837. The third-order valence-corrected chi connectivity index (χ3v) is 3.82. The molecule has 1 rings (SSSR count). The zero-order valence-electron chi connectivity index (χ0n) is 10.2. The minimum Gasteiger partial charge on any atom is -0.478 e. The summed E-state index contributed by atoms with van der Waals surface area (Å²) < 4.78 is 38.3. The maximum atomic E-state index is 12.8. The number of thioether (sulfide) groups is 1. The number of benzene rings is 1. The van der Waals surface area contributed by atoms with Crippen LogP contribution in [-0.2, 0) is 6.18 Å². The Balaban J connectivity index is 3.16. The van der Waals surface area contributed by atoms with Gasteiger partial charge in [0.25, 0.3) is 0 Å². The Kier molecular flexibility index (Phi) is 4.86. The average molecular weight is 294 g/mol. The fourth-order valence-electron chi connectivity index (χ4n) is 1.33. The van der Waals surface area contributed by atoms with Gasteiger partial charge in [0.2, 0.25) is 0 Å². The van der Waals surface area contributed by atoms with E-state index in [0.29, 0.717) is 0 Å². The fraction of sp³-hybridized carbons (Fsp3) is 0.417. The summed E-state index contributed by atoms with van der Waals surface area (Å²) in [5.41, 5.74) is -1.95. The molecule has 19 heavy (non-hydrogen) atoms. The van der Waals surface area contributed by atoms with Crippen molar-refractivity contribution in [1.29, 1.82) is 0 Å². The maximum Gasteiger partial charge on any atom is 0.417 e. The van der Waals surface area contributed by atoms with Crippen LogP contribution < -0.4 is 0 Å². The SMILES string of the molecule is CC(O)C(C)Sc1ccc(C(=O)O)c(C(F)(F)F)c1. The summed E-state index contributed by atoms with van der Waals surface area (Å²) in [6.07, 6.45) is -5.41. The van der Waals surface area contributed by atoms with Crippen LogP contribution in [0.5, 0.6) is 0 Å². The van der Waals surface area contributed by atoms with Crippen molar-refractivity contribution in [3.05, 3.63) is 29.3 Å². The number of rotatable bonds is 4. The summed E-state index contributed by atoms with van der Waals surface area (Å²) in [5, 5.41) is 17.8. The van der Waals surface area contributed by atoms with Gasteiger partial charge in [-0.1, -0.05) is 6.92 Å². The highest BCUT2D eigenvalue weighted by molar-refractivity contribution is 8.00. The smallest absolute Gasteiger partial charge is 0.417 e. The molecule has 2 N–H and O–H groups in total. The lowest BCUT2D eigenvalue weighted by molar-refractivity contribution is -0.138. The lowest BCUT2D eigenvalue weighted by Crippen LogP contribution is -2.16. The van der Waals surface area contributed by atoms with Crippen molar-refractivity contribution in [2.45, 2.75) is 36.3 Å². The van der Waals surface area contributed by atoms with E-state index in [-0.39, 0.29) is 10.1 Å². The Hall–Kier alpha value is -1.21. The molecule has 0 heterocycles. The summed E-state index contributed by atoms with van der Waals surface area (Å²) in [7, 11) is 0. The van der Waals surface area contributed by atoms with Crippen molar-refractivity contribution < 1.29 is 28.2 Å². The first-order valence-corrected chi connectivity index (χ1v) is 6.30. The fourth-order valence-corrected chi connectivity index (χ4v) is 2.29. The van der Waals surface area contributed by atoms with E-state index in [9.17, 15) is 23.1 Å². The summed E-state index contributed by atoms with van der Waals surface area (Å²) in [6.45, 7) is 3.21. The zero-order chi connectivity index (χ0) is 14.8. The van der Waals surface area contributed by atoms with Gasteiger partial charge < -0.3 is 10.2 Å². The van der Waals surface area contributed by atoms with Crippen LogP contribution in [0.3, 0.4) is 0 Å². The van der Waals surface area contributed by atoms with Crippen molar-refractivity contribution in [3.8, 4) is 0 Å². The van der Waals surface area contributed by atoms with Crippen LogP contribution in [0.2, 0.25) is 0 Å². The normalized spacial score (nSPS) is 15.1. The molecule has 0 aliphatic heterocycles. The number of hydrogen-bond donors (Lipinski definition) is 2. The second kappa shape index (κ2) is 5.83. The third kappa shape index (κ3) is 4.14. The summed E-state index contributed by atoms with van der Waals surface area (Å²) in [4.78, 5) is 11.0. The average Bonchev–Trinajstić information content (AvgIpc) is 2.27. The molecule has 3 nitrogen and oxygen atoms in total. The molecule has 2 unspecified atom stereocenters. The van der Waals surface area contributed by atoms with Gasteiger partial charge in [-0.05, 0) is 25.1 Å². The molecule has 0 bridgehead atoms. The summed E-state index contributed by atoms with van der Waals surface area (Å²) in [5.74, 6) is -1.62. The number of halogens is 3. The molecule has 106 valence electrons. The van der Waals surface area contributed by atoms with E-state index in [0.717, 1.165) is 23.9 Å². The molecule has 0 aromatic heterocycles.